The van der Waals surface area contributed by atoms with Gasteiger partial charge in [0.05, 0.1) is 12.3 Å². The van der Waals surface area contributed by atoms with Gasteiger partial charge < -0.3 is 10.1 Å². The van der Waals surface area contributed by atoms with Crippen LogP contribution in [0.4, 0.5) is 19.6 Å². The van der Waals surface area contributed by atoms with Crippen LogP contribution in [0.15, 0.2) is 18.2 Å². The third-order valence-electron chi connectivity index (χ3n) is 2.46. The number of thiazole rings is 1. The Labute approximate surface area is 118 Å². The van der Waals surface area contributed by atoms with Crippen molar-refractivity contribution in [3.63, 3.8) is 0 Å². The van der Waals surface area contributed by atoms with Crippen LogP contribution in [0.5, 0.6) is 0 Å². The molecule has 0 unspecified atom stereocenters. The molecule has 2 aromatic rings. The molecule has 1 N–H and O–H groups in total. The fraction of sp³-hybridized carbons (Fsp3) is 0.231. The van der Waals surface area contributed by atoms with Gasteiger partial charge in [0.2, 0.25) is 0 Å². The number of benzene rings is 1. The first-order chi connectivity index (χ1) is 9.52. The molecule has 0 aliphatic carbocycles. The highest BCUT2D eigenvalue weighted by Gasteiger charge is 2.17. The predicted octanol–water partition coefficient (Wildman–Crippen LogP) is 3.65. The largest absolute Gasteiger partial charge is 0.461 e. The van der Waals surface area contributed by atoms with E-state index in [0.29, 0.717) is 10.0 Å². The van der Waals surface area contributed by atoms with Gasteiger partial charge in [-0.05, 0) is 26.0 Å². The van der Waals surface area contributed by atoms with Crippen molar-refractivity contribution in [2.24, 2.45) is 0 Å². The Morgan fingerprint density at radius 3 is 2.90 bits per heavy atom. The average molecular weight is 298 g/mol. The van der Waals surface area contributed by atoms with Crippen molar-refractivity contribution in [1.29, 1.82) is 0 Å². The van der Waals surface area contributed by atoms with Gasteiger partial charge >= 0.3 is 5.97 Å². The van der Waals surface area contributed by atoms with Gasteiger partial charge in [-0.25, -0.2) is 18.6 Å². The second-order valence-corrected chi connectivity index (χ2v) is 5.07. The summed E-state index contributed by atoms with van der Waals surface area (Å²) >= 11 is 1.17. The zero-order chi connectivity index (χ0) is 14.7. The molecule has 0 aliphatic heterocycles. The van der Waals surface area contributed by atoms with Crippen LogP contribution in [0, 0.1) is 18.6 Å². The quantitative estimate of drug-likeness (QED) is 0.875. The molecule has 2 rings (SSSR count). The third-order valence-corrected chi connectivity index (χ3v) is 3.34. The molecule has 1 aromatic carbocycles. The molecule has 0 fully saturated rings. The number of aromatic nitrogens is 1. The van der Waals surface area contributed by atoms with Crippen molar-refractivity contribution in [2.45, 2.75) is 13.8 Å². The van der Waals surface area contributed by atoms with E-state index in [1.807, 2.05) is 0 Å². The van der Waals surface area contributed by atoms with Crippen molar-refractivity contribution in [2.75, 3.05) is 11.9 Å². The highest BCUT2D eigenvalue weighted by molar-refractivity contribution is 7.15. The molecule has 0 saturated heterocycles. The lowest BCUT2D eigenvalue weighted by Gasteiger charge is -2.04. The van der Waals surface area contributed by atoms with Crippen molar-refractivity contribution >= 4 is 28.1 Å². The summed E-state index contributed by atoms with van der Waals surface area (Å²) in [5.41, 5.74) is 0.144. The Bertz CT molecular complexity index is 643. The van der Waals surface area contributed by atoms with Gasteiger partial charge in [-0.2, -0.15) is 0 Å². The molecule has 0 atom stereocenters. The lowest BCUT2D eigenvalue weighted by molar-refractivity contribution is 0.0519. The Morgan fingerprint density at radius 1 is 1.45 bits per heavy atom. The second kappa shape index (κ2) is 5.96. The van der Waals surface area contributed by atoms with Crippen molar-refractivity contribution in [1.82, 2.24) is 4.98 Å². The smallest absolute Gasteiger partial charge is 0.358 e. The van der Waals surface area contributed by atoms with Gasteiger partial charge in [-0.15, -0.1) is 11.3 Å². The minimum atomic E-state index is -0.988. The van der Waals surface area contributed by atoms with E-state index in [0.717, 1.165) is 6.07 Å². The number of halogens is 2. The maximum atomic E-state index is 13.5. The summed E-state index contributed by atoms with van der Waals surface area (Å²) in [4.78, 5) is 16.3. The van der Waals surface area contributed by atoms with Gasteiger partial charge in [-0.1, -0.05) is 6.07 Å². The zero-order valence-corrected chi connectivity index (χ0v) is 11.7. The number of anilines is 2. The molecule has 7 heteroatoms. The number of nitrogens with one attached hydrogen (secondary N) is 1. The van der Waals surface area contributed by atoms with Gasteiger partial charge in [0.1, 0.15) is 0 Å². The molecule has 106 valence electrons. The molecule has 0 saturated carbocycles. The molecule has 0 spiro atoms. The van der Waals surface area contributed by atoms with Crippen LogP contribution in [-0.4, -0.2) is 17.6 Å². The number of carbonyl (C=O) groups is 1. The SMILES string of the molecule is CCOC(=O)c1nc(Nc2cccc(F)c2F)sc1C. The van der Waals surface area contributed by atoms with Gasteiger partial charge in [0.15, 0.2) is 22.5 Å². The summed E-state index contributed by atoms with van der Waals surface area (Å²) < 4.78 is 31.5. The molecule has 4 nitrogen and oxygen atoms in total. The molecule has 0 bridgehead atoms. The van der Waals surface area contributed by atoms with Crippen molar-refractivity contribution in [3.05, 3.63) is 40.4 Å². The number of hydrogen-bond donors (Lipinski definition) is 1. The second-order valence-electron chi connectivity index (χ2n) is 3.87. The van der Waals surface area contributed by atoms with E-state index in [2.05, 4.69) is 10.3 Å². The molecule has 1 heterocycles. The number of hydrogen-bond acceptors (Lipinski definition) is 5. The van der Waals surface area contributed by atoms with Crippen LogP contribution in [0.25, 0.3) is 0 Å². The summed E-state index contributed by atoms with van der Waals surface area (Å²) in [5, 5.41) is 2.96. The zero-order valence-electron chi connectivity index (χ0n) is 10.9. The van der Waals surface area contributed by atoms with E-state index in [1.54, 1.807) is 13.8 Å². The number of esters is 1. The Hall–Kier alpha value is -2.02. The Kier molecular flexibility index (Phi) is 4.29. The molecule has 1 aromatic heterocycles. The van der Waals surface area contributed by atoms with E-state index in [4.69, 9.17) is 4.74 Å². The highest BCUT2D eigenvalue weighted by Crippen LogP contribution is 2.27. The Balaban J connectivity index is 2.25. The van der Waals surface area contributed by atoms with Gasteiger partial charge in [0, 0.05) is 4.88 Å². The van der Waals surface area contributed by atoms with E-state index in [-0.39, 0.29) is 18.0 Å². The first-order valence-corrected chi connectivity index (χ1v) is 6.70. The van der Waals surface area contributed by atoms with Gasteiger partial charge in [0.25, 0.3) is 0 Å². The maximum Gasteiger partial charge on any atom is 0.358 e. The van der Waals surface area contributed by atoms with E-state index in [9.17, 15) is 13.6 Å². The molecule has 0 radical (unpaired) electrons. The molecular formula is C13H12F2N2O2S. The summed E-state index contributed by atoms with van der Waals surface area (Å²) in [6.07, 6.45) is 0. The van der Waals surface area contributed by atoms with Crippen LogP contribution in [-0.2, 0) is 4.74 Å². The van der Waals surface area contributed by atoms with Crippen molar-refractivity contribution < 1.29 is 18.3 Å². The standard InChI is InChI=1S/C13H12F2N2O2S/c1-3-19-12(18)11-7(2)20-13(17-11)16-9-6-4-5-8(14)10(9)15/h4-6H,3H2,1-2H3,(H,16,17). The fourth-order valence-electron chi connectivity index (χ4n) is 1.55. The molecule has 20 heavy (non-hydrogen) atoms. The number of rotatable bonds is 4. The molecule has 0 aliphatic rings. The van der Waals surface area contributed by atoms with Crippen LogP contribution in [0.1, 0.15) is 22.3 Å². The van der Waals surface area contributed by atoms with Crippen LogP contribution < -0.4 is 5.32 Å². The van der Waals surface area contributed by atoms with Crippen LogP contribution in [0.2, 0.25) is 0 Å². The monoisotopic (exact) mass is 298 g/mol. The topological polar surface area (TPSA) is 51.2 Å². The summed E-state index contributed by atoms with van der Waals surface area (Å²) in [5.74, 6) is -2.47. The van der Waals surface area contributed by atoms with E-state index < -0.39 is 17.6 Å². The summed E-state index contributed by atoms with van der Waals surface area (Å²) in [7, 11) is 0. The fourth-order valence-corrected chi connectivity index (χ4v) is 2.37. The minimum absolute atomic E-state index is 0.0332. The minimum Gasteiger partial charge on any atom is -0.461 e. The van der Waals surface area contributed by atoms with Crippen LogP contribution >= 0.6 is 11.3 Å². The lowest BCUT2D eigenvalue weighted by Crippen LogP contribution is -2.06. The number of carbonyl (C=O) groups excluding carboxylic acids is 1. The van der Waals surface area contributed by atoms with Gasteiger partial charge in [-0.3, -0.25) is 0 Å². The summed E-state index contributed by atoms with van der Waals surface area (Å²) in [6, 6.07) is 3.80. The lowest BCUT2D eigenvalue weighted by atomic mass is 10.3. The highest BCUT2D eigenvalue weighted by atomic mass is 32.1. The van der Waals surface area contributed by atoms with E-state index in [1.165, 1.54) is 23.5 Å². The Morgan fingerprint density at radius 2 is 2.20 bits per heavy atom. The average Bonchev–Trinajstić information content (AvgIpc) is 2.76. The number of nitrogens with zero attached hydrogens (tertiary/aromatic N) is 1. The maximum absolute atomic E-state index is 13.5. The number of aryl methyl sites for hydroxylation is 1. The third kappa shape index (κ3) is 2.93. The van der Waals surface area contributed by atoms with Crippen molar-refractivity contribution in [3.8, 4) is 0 Å². The first kappa shape index (κ1) is 14.4. The first-order valence-electron chi connectivity index (χ1n) is 5.88. The molecule has 0 amide bonds. The molecular weight excluding hydrogens is 286 g/mol. The normalized spacial score (nSPS) is 10.4. The number of ether oxygens (including phenoxy) is 1. The summed E-state index contributed by atoms with van der Waals surface area (Å²) in [6.45, 7) is 3.65. The van der Waals surface area contributed by atoms with Crippen LogP contribution in [0.3, 0.4) is 0 Å². The van der Waals surface area contributed by atoms with E-state index >= 15 is 0 Å². The predicted molar refractivity (Wildman–Crippen MR) is 72.4 cm³/mol.